The van der Waals surface area contributed by atoms with Crippen molar-refractivity contribution in [2.75, 3.05) is 0 Å². The van der Waals surface area contributed by atoms with Crippen LogP contribution in [0.2, 0.25) is 0 Å². The molecule has 0 spiro atoms. The Bertz CT molecular complexity index is 560. The maximum absolute atomic E-state index is 7.67. The summed E-state index contributed by atoms with van der Waals surface area (Å²) in [7, 11) is 0. The zero-order valence-corrected chi connectivity index (χ0v) is 6.54. The molecule has 0 bridgehead atoms. The molecule has 0 N–H and O–H groups in total. The van der Waals surface area contributed by atoms with Crippen LogP contribution >= 0.6 is 0 Å². The first-order valence-electron chi connectivity index (χ1n) is 4.56. The molecule has 0 aliphatic heterocycles. The van der Waals surface area contributed by atoms with E-state index in [4.69, 9.17) is 1.37 Å². The van der Waals surface area contributed by atoms with Gasteiger partial charge in [0.25, 0.3) is 0 Å². The van der Waals surface area contributed by atoms with Gasteiger partial charge in [-0.15, -0.1) is 0 Å². The van der Waals surface area contributed by atoms with Gasteiger partial charge in [-0.05, 0) is 33.7 Å². The monoisotopic (exact) mass is 153 g/mol. The van der Waals surface area contributed by atoms with Crippen molar-refractivity contribution in [2.24, 2.45) is 0 Å². The molecule has 2 aliphatic carbocycles. The molecule has 0 heteroatoms. The van der Waals surface area contributed by atoms with Gasteiger partial charge in [-0.3, -0.25) is 0 Å². The predicted molar refractivity (Wildman–Crippen MR) is 52.7 cm³/mol. The molecule has 0 saturated carbocycles. The summed E-state index contributed by atoms with van der Waals surface area (Å²) in [6.07, 6.45) is 10.1. The van der Waals surface area contributed by atoms with Crippen LogP contribution < -0.4 is 10.4 Å². The van der Waals surface area contributed by atoms with Crippen molar-refractivity contribution in [3.05, 3.63) is 45.8 Å². The summed E-state index contributed by atoms with van der Waals surface area (Å²) in [6, 6.07) is 4.86. The van der Waals surface area contributed by atoms with E-state index in [1.165, 1.54) is 16.0 Å². The van der Waals surface area contributed by atoms with Crippen LogP contribution in [0.15, 0.2) is 24.3 Å². The molecule has 56 valence electrons. The Balaban J connectivity index is 2.44. The van der Waals surface area contributed by atoms with Crippen LogP contribution in [0, 0.1) is 0 Å². The molecule has 0 unspecified atom stereocenters. The highest BCUT2D eigenvalue weighted by molar-refractivity contribution is 5.73. The molecule has 0 fully saturated rings. The highest BCUT2D eigenvalue weighted by atomic mass is 14.1. The minimum atomic E-state index is 0.623. The quantitative estimate of drug-likeness (QED) is 0.527. The lowest BCUT2D eigenvalue weighted by Gasteiger charge is -1.94. The first-order valence-corrected chi connectivity index (χ1v) is 4.06. The fourth-order valence-electron chi connectivity index (χ4n) is 1.68. The summed E-state index contributed by atoms with van der Waals surface area (Å²) in [5.74, 6) is 0. The fraction of sp³-hybridized carbons (Fsp3) is 0. The fourth-order valence-corrected chi connectivity index (χ4v) is 1.68. The van der Waals surface area contributed by atoms with Crippen molar-refractivity contribution in [3.8, 4) is 0 Å². The van der Waals surface area contributed by atoms with Crippen LogP contribution in [0.1, 0.15) is 12.5 Å². The largest absolute Gasteiger partial charge is 0.0629 e. The lowest BCUT2D eigenvalue weighted by molar-refractivity contribution is 1.51. The summed E-state index contributed by atoms with van der Waals surface area (Å²) in [4.78, 5) is 0. The zero-order valence-electron chi connectivity index (χ0n) is 7.54. The van der Waals surface area contributed by atoms with Crippen molar-refractivity contribution in [1.82, 2.24) is 0 Å². The molecule has 0 radical (unpaired) electrons. The average molecular weight is 153 g/mol. The molecule has 1 aromatic rings. The summed E-state index contributed by atoms with van der Waals surface area (Å²) >= 11 is 0. The van der Waals surface area contributed by atoms with Gasteiger partial charge in [0.15, 0.2) is 0 Å². The molecular formula is C12H8. The van der Waals surface area contributed by atoms with Crippen LogP contribution in [0.3, 0.4) is 0 Å². The van der Waals surface area contributed by atoms with Crippen LogP contribution in [-0.4, -0.2) is 0 Å². The molecule has 0 atom stereocenters. The Morgan fingerprint density at radius 2 is 1.67 bits per heavy atom. The lowest BCUT2D eigenvalue weighted by atomic mass is 10.1. The molecule has 2 aliphatic rings. The summed E-state index contributed by atoms with van der Waals surface area (Å²) in [5.41, 5.74) is 2.32. The zero-order chi connectivity index (χ0) is 8.84. The highest BCUT2D eigenvalue weighted by Gasteiger charge is 2.01. The molecule has 0 saturated heterocycles. The molecule has 0 aromatic heterocycles. The Kier molecular flexibility index (Phi) is 0.849. The lowest BCUT2D eigenvalue weighted by Crippen LogP contribution is -2.12. The van der Waals surface area contributed by atoms with E-state index >= 15 is 0 Å². The van der Waals surface area contributed by atoms with Crippen molar-refractivity contribution < 1.29 is 1.37 Å². The standard InChI is InChI=1S/C12H8/c1-3-9-7-11-5-2-6-12(11)8-10(9)4-1/h1-8H/i3D. The van der Waals surface area contributed by atoms with Crippen LogP contribution in [-0.2, 0) is 0 Å². The topological polar surface area (TPSA) is 0 Å². The maximum Gasteiger partial charge on any atom is 0.0629 e. The van der Waals surface area contributed by atoms with Gasteiger partial charge in [0.1, 0.15) is 0 Å². The number of hydrogen-bond acceptors (Lipinski definition) is 0. The Labute approximate surface area is 72.3 Å². The van der Waals surface area contributed by atoms with Crippen LogP contribution in [0.4, 0.5) is 0 Å². The third-order valence-electron chi connectivity index (χ3n) is 2.31. The van der Waals surface area contributed by atoms with Crippen molar-refractivity contribution in [1.29, 1.82) is 0 Å². The molecule has 3 rings (SSSR count). The van der Waals surface area contributed by atoms with Gasteiger partial charge in [-0.1, -0.05) is 36.4 Å². The number of rotatable bonds is 0. The minimum Gasteiger partial charge on any atom is -0.0610 e. The van der Waals surface area contributed by atoms with Crippen LogP contribution in [0.25, 0.3) is 24.3 Å². The van der Waals surface area contributed by atoms with Gasteiger partial charge in [-0.2, -0.15) is 0 Å². The van der Waals surface area contributed by atoms with Crippen molar-refractivity contribution in [2.45, 2.75) is 0 Å². The van der Waals surface area contributed by atoms with E-state index in [1.54, 1.807) is 0 Å². The number of benzene rings is 1. The molecule has 0 amide bonds. The van der Waals surface area contributed by atoms with E-state index < -0.39 is 0 Å². The van der Waals surface area contributed by atoms with Gasteiger partial charge in [0, 0.05) is 0 Å². The molecular weight excluding hydrogens is 144 g/mol. The van der Waals surface area contributed by atoms with E-state index in [9.17, 15) is 0 Å². The maximum atomic E-state index is 7.67. The second kappa shape index (κ2) is 1.98. The van der Waals surface area contributed by atoms with E-state index in [0.717, 1.165) is 5.56 Å². The van der Waals surface area contributed by atoms with Gasteiger partial charge in [0.2, 0.25) is 0 Å². The van der Waals surface area contributed by atoms with Crippen molar-refractivity contribution in [3.63, 3.8) is 0 Å². The number of fused-ring (bicyclic) bond motifs is 2. The van der Waals surface area contributed by atoms with E-state index in [-0.39, 0.29) is 0 Å². The van der Waals surface area contributed by atoms with E-state index in [0.29, 0.717) is 6.05 Å². The summed E-state index contributed by atoms with van der Waals surface area (Å²) in [5, 5.41) is 2.40. The van der Waals surface area contributed by atoms with E-state index in [1.807, 2.05) is 18.2 Å². The van der Waals surface area contributed by atoms with Gasteiger partial charge in [-0.25, -0.2) is 0 Å². The first kappa shape index (κ1) is 5.15. The second-order valence-corrected chi connectivity index (χ2v) is 3.07. The Hall–Kier alpha value is -1.56. The average Bonchev–Trinajstić information content (AvgIpc) is 2.70. The van der Waals surface area contributed by atoms with Crippen LogP contribution in [0.5, 0.6) is 0 Å². The smallest absolute Gasteiger partial charge is 0.0610 e. The second-order valence-electron chi connectivity index (χ2n) is 3.07. The summed E-state index contributed by atoms with van der Waals surface area (Å²) < 4.78 is 7.67. The number of hydrogen-bond donors (Lipinski definition) is 0. The third kappa shape index (κ3) is 0.668. The SMILES string of the molecule is [2H]C1=CC=c2cc3c(cc21)=CC=C3. The summed E-state index contributed by atoms with van der Waals surface area (Å²) in [6.45, 7) is 0. The van der Waals surface area contributed by atoms with Gasteiger partial charge in [0.05, 0.1) is 1.37 Å². The van der Waals surface area contributed by atoms with Crippen molar-refractivity contribution >= 4 is 24.3 Å². The number of allylic oxidation sites excluding steroid dienone is 2. The predicted octanol–water partition coefficient (Wildman–Crippen LogP) is 1.30. The third-order valence-corrected chi connectivity index (χ3v) is 2.31. The minimum absolute atomic E-state index is 0.623. The highest BCUT2D eigenvalue weighted by Crippen LogP contribution is 2.05. The Morgan fingerprint density at radius 3 is 2.67 bits per heavy atom. The first-order chi connectivity index (χ1) is 6.34. The normalized spacial score (nSPS) is 17.3. The molecule has 0 nitrogen and oxygen atoms in total. The molecule has 1 aromatic carbocycles. The Morgan fingerprint density at radius 1 is 0.917 bits per heavy atom. The molecule has 0 heterocycles. The van der Waals surface area contributed by atoms with Gasteiger partial charge < -0.3 is 0 Å². The molecule has 12 heavy (non-hydrogen) atoms. The van der Waals surface area contributed by atoms with E-state index in [2.05, 4.69) is 24.3 Å². The van der Waals surface area contributed by atoms with Gasteiger partial charge >= 0.3 is 0 Å².